The average molecular weight is 250 g/mol. The number of carbonyl (C=O) groups is 1. The van der Waals surface area contributed by atoms with Gasteiger partial charge < -0.3 is 4.74 Å². The maximum Gasteiger partial charge on any atom is 0.212 e. The quantitative estimate of drug-likeness (QED) is 0.761. The minimum atomic E-state index is -0.591. The largest absolute Gasteiger partial charge is 0.482 e. The fraction of sp³-hybridized carbons (Fsp3) is 0.273. The van der Waals surface area contributed by atoms with Crippen molar-refractivity contribution < 1.29 is 13.9 Å². The summed E-state index contributed by atoms with van der Waals surface area (Å²) in [6.07, 6.45) is 0. The molecule has 7 heteroatoms. The molecule has 0 saturated heterocycles. The number of rotatable bonds is 4. The third-order valence-corrected chi connectivity index (χ3v) is 2.24. The van der Waals surface area contributed by atoms with Gasteiger partial charge in [-0.1, -0.05) is 0 Å². The number of ketones is 1. The Bertz CT molecular complexity index is 582. The van der Waals surface area contributed by atoms with Crippen LogP contribution in [0.2, 0.25) is 0 Å². The van der Waals surface area contributed by atoms with Crippen LogP contribution in [0.25, 0.3) is 0 Å². The normalized spacial score (nSPS) is 10.4. The molecule has 1 aromatic heterocycles. The van der Waals surface area contributed by atoms with Crippen molar-refractivity contribution in [3.05, 3.63) is 35.4 Å². The fourth-order valence-electron chi connectivity index (χ4n) is 1.36. The highest BCUT2D eigenvalue weighted by atomic mass is 19.1. The van der Waals surface area contributed by atoms with E-state index >= 15 is 0 Å². The lowest BCUT2D eigenvalue weighted by Crippen LogP contribution is -2.01. The minimum absolute atomic E-state index is 0.0180. The minimum Gasteiger partial charge on any atom is -0.482 e. The van der Waals surface area contributed by atoms with E-state index in [0.717, 1.165) is 6.07 Å². The number of aromatic nitrogens is 4. The molecule has 1 heterocycles. The summed E-state index contributed by atoms with van der Waals surface area (Å²) in [5.41, 5.74) is 0.303. The number of halogens is 1. The van der Waals surface area contributed by atoms with Crippen LogP contribution in [-0.2, 0) is 13.7 Å². The number of hydrogen-bond acceptors (Lipinski definition) is 5. The molecule has 0 aliphatic rings. The van der Waals surface area contributed by atoms with Crippen molar-refractivity contribution >= 4 is 5.78 Å². The molecule has 0 N–H and O–H groups in total. The molecular weight excluding hydrogens is 239 g/mol. The van der Waals surface area contributed by atoms with Gasteiger partial charge >= 0.3 is 0 Å². The summed E-state index contributed by atoms with van der Waals surface area (Å²) < 4.78 is 18.8. The first kappa shape index (κ1) is 12.2. The Balaban J connectivity index is 2.08. The van der Waals surface area contributed by atoms with Gasteiger partial charge in [0.1, 0.15) is 0 Å². The molecular formula is C11H11FN4O2. The summed E-state index contributed by atoms with van der Waals surface area (Å²) >= 11 is 0. The molecule has 0 atom stereocenters. The number of aryl methyl sites for hydroxylation is 1. The number of Topliss-reactive ketones (excluding diaryl/α,β-unsaturated/α-hetero) is 1. The van der Waals surface area contributed by atoms with E-state index in [1.807, 2.05) is 0 Å². The van der Waals surface area contributed by atoms with Crippen LogP contribution in [0.1, 0.15) is 23.1 Å². The van der Waals surface area contributed by atoms with Gasteiger partial charge in [-0.2, -0.15) is 4.80 Å². The Morgan fingerprint density at radius 3 is 2.83 bits per heavy atom. The van der Waals surface area contributed by atoms with Gasteiger partial charge in [-0.3, -0.25) is 4.79 Å². The summed E-state index contributed by atoms with van der Waals surface area (Å²) in [6, 6.07) is 4.05. The van der Waals surface area contributed by atoms with Crippen LogP contribution in [0.15, 0.2) is 18.2 Å². The maximum absolute atomic E-state index is 13.6. The molecule has 0 radical (unpaired) electrons. The van der Waals surface area contributed by atoms with Gasteiger partial charge in [-0.15, -0.1) is 10.2 Å². The second kappa shape index (κ2) is 4.91. The number of nitrogens with zero attached hydrogens (tertiary/aromatic N) is 4. The first-order valence-corrected chi connectivity index (χ1v) is 5.22. The summed E-state index contributed by atoms with van der Waals surface area (Å²) in [4.78, 5) is 12.3. The van der Waals surface area contributed by atoms with Gasteiger partial charge in [0.2, 0.25) is 5.82 Å². The Kier molecular flexibility index (Phi) is 3.31. The monoisotopic (exact) mass is 250 g/mol. The average Bonchev–Trinajstić information content (AvgIpc) is 2.73. The molecule has 6 nitrogen and oxygen atoms in total. The van der Waals surface area contributed by atoms with Crippen molar-refractivity contribution in [1.29, 1.82) is 0 Å². The highest BCUT2D eigenvalue weighted by Gasteiger charge is 2.09. The summed E-state index contributed by atoms with van der Waals surface area (Å²) in [5, 5.41) is 11.2. The van der Waals surface area contributed by atoms with Crippen molar-refractivity contribution in [3.63, 3.8) is 0 Å². The lowest BCUT2D eigenvalue weighted by Gasteiger charge is -2.05. The molecule has 0 fully saturated rings. The van der Waals surface area contributed by atoms with Gasteiger partial charge in [0.25, 0.3) is 0 Å². The molecule has 2 rings (SSSR count). The molecule has 1 aromatic carbocycles. The zero-order chi connectivity index (χ0) is 13.1. The molecule has 0 saturated carbocycles. The third kappa shape index (κ3) is 2.68. The van der Waals surface area contributed by atoms with Crippen molar-refractivity contribution in [2.75, 3.05) is 0 Å². The van der Waals surface area contributed by atoms with Crippen molar-refractivity contribution in [1.82, 2.24) is 20.2 Å². The maximum atomic E-state index is 13.6. The molecule has 2 aromatic rings. The zero-order valence-electron chi connectivity index (χ0n) is 9.92. The Morgan fingerprint density at radius 1 is 1.50 bits per heavy atom. The zero-order valence-corrected chi connectivity index (χ0v) is 9.92. The molecule has 0 unspecified atom stereocenters. The summed E-state index contributed by atoms with van der Waals surface area (Å²) in [7, 11) is 1.62. The van der Waals surface area contributed by atoms with Crippen LogP contribution < -0.4 is 4.74 Å². The second-order valence-corrected chi connectivity index (χ2v) is 3.69. The molecule has 0 aliphatic carbocycles. The number of ether oxygens (including phenoxy) is 1. The predicted molar refractivity (Wildman–Crippen MR) is 59.5 cm³/mol. The van der Waals surface area contributed by atoms with E-state index in [0.29, 0.717) is 11.4 Å². The van der Waals surface area contributed by atoms with Gasteiger partial charge in [-0.05, 0) is 30.3 Å². The first-order chi connectivity index (χ1) is 8.56. The van der Waals surface area contributed by atoms with Crippen LogP contribution in [0.5, 0.6) is 5.75 Å². The number of tetrazole rings is 1. The fourth-order valence-corrected chi connectivity index (χ4v) is 1.36. The van der Waals surface area contributed by atoms with E-state index in [-0.39, 0.29) is 18.1 Å². The van der Waals surface area contributed by atoms with Gasteiger partial charge in [-0.25, -0.2) is 4.39 Å². The first-order valence-electron chi connectivity index (χ1n) is 5.22. The second-order valence-electron chi connectivity index (χ2n) is 3.69. The van der Waals surface area contributed by atoms with Gasteiger partial charge in [0.15, 0.2) is 24.0 Å². The van der Waals surface area contributed by atoms with Crippen molar-refractivity contribution in [3.8, 4) is 5.75 Å². The van der Waals surface area contributed by atoms with E-state index < -0.39 is 5.82 Å². The lowest BCUT2D eigenvalue weighted by molar-refractivity contribution is 0.101. The topological polar surface area (TPSA) is 69.9 Å². The standard InChI is InChI=1S/C11H11FN4O2/c1-7(17)8-3-4-10(9(12)5-8)18-6-11-13-15-16(2)14-11/h3-5H,6H2,1-2H3. The van der Waals surface area contributed by atoms with E-state index in [2.05, 4.69) is 15.4 Å². The highest BCUT2D eigenvalue weighted by Crippen LogP contribution is 2.19. The van der Waals surface area contributed by atoms with E-state index in [9.17, 15) is 9.18 Å². The van der Waals surface area contributed by atoms with Gasteiger partial charge in [0, 0.05) is 5.56 Å². The molecule has 0 aliphatic heterocycles. The van der Waals surface area contributed by atoms with E-state index in [4.69, 9.17) is 4.74 Å². The van der Waals surface area contributed by atoms with Crippen LogP contribution in [0.4, 0.5) is 4.39 Å². The Morgan fingerprint density at radius 2 is 2.28 bits per heavy atom. The van der Waals surface area contributed by atoms with Crippen LogP contribution in [0.3, 0.4) is 0 Å². The number of benzene rings is 1. The predicted octanol–water partition coefficient (Wildman–Crippen LogP) is 1.13. The molecule has 18 heavy (non-hydrogen) atoms. The lowest BCUT2D eigenvalue weighted by atomic mass is 10.1. The Hall–Kier alpha value is -2.31. The molecule has 0 amide bonds. The van der Waals surface area contributed by atoms with Crippen LogP contribution in [-0.4, -0.2) is 26.0 Å². The van der Waals surface area contributed by atoms with Crippen molar-refractivity contribution in [2.24, 2.45) is 7.05 Å². The summed E-state index contributed by atoms with van der Waals surface area (Å²) in [6.45, 7) is 1.39. The van der Waals surface area contributed by atoms with Crippen LogP contribution >= 0.6 is 0 Å². The van der Waals surface area contributed by atoms with E-state index in [1.165, 1.54) is 23.9 Å². The van der Waals surface area contributed by atoms with Crippen molar-refractivity contribution in [2.45, 2.75) is 13.5 Å². The van der Waals surface area contributed by atoms with Gasteiger partial charge in [0.05, 0.1) is 7.05 Å². The molecule has 0 spiro atoms. The molecule has 94 valence electrons. The number of hydrogen-bond donors (Lipinski definition) is 0. The van der Waals surface area contributed by atoms with Crippen LogP contribution in [0, 0.1) is 5.82 Å². The summed E-state index contributed by atoms with van der Waals surface area (Å²) in [5.74, 6) is -0.386. The highest BCUT2D eigenvalue weighted by molar-refractivity contribution is 5.94. The Labute approximate surface area is 102 Å². The molecule has 0 bridgehead atoms. The third-order valence-electron chi connectivity index (χ3n) is 2.24. The smallest absolute Gasteiger partial charge is 0.212 e. The van der Waals surface area contributed by atoms with E-state index in [1.54, 1.807) is 7.05 Å². The SMILES string of the molecule is CC(=O)c1ccc(OCc2nnn(C)n2)c(F)c1. The number of carbonyl (C=O) groups excluding carboxylic acids is 1.